The van der Waals surface area contributed by atoms with Gasteiger partial charge in [0.15, 0.2) is 0 Å². The summed E-state index contributed by atoms with van der Waals surface area (Å²) in [6, 6.07) is 13.9. The summed E-state index contributed by atoms with van der Waals surface area (Å²) < 4.78 is 5.81. The maximum absolute atomic E-state index is 6.12. The summed E-state index contributed by atoms with van der Waals surface area (Å²) in [5, 5.41) is 4.55. The molecule has 0 aliphatic heterocycles. The van der Waals surface area contributed by atoms with Crippen LogP contribution in [0.1, 0.15) is 25.0 Å². The Morgan fingerprint density at radius 1 is 1.05 bits per heavy atom. The predicted molar refractivity (Wildman–Crippen MR) is 89.2 cm³/mol. The monoisotopic (exact) mass is 323 g/mol. The molecule has 0 radical (unpaired) electrons. The first-order valence-corrected chi connectivity index (χ1v) is 7.70. The summed E-state index contributed by atoms with van der Waals surface area (Å²) in [5.41, 5.74) is 2.38. The maximum Gasteiger partial charge on any atom is 0.138 e. The van der Waals surface area contributed by atoms with E-state index in [1.54, 1.807) is 18.2 Å². The fourth-order valence-electron chi connectivity index (χ4n) is 1.93. The SMILES string of the molecule is CC(C)NCc1ccccc1COc1ccc(Cl)cc1Cl. The van der Waals surface area contributed by atoms with Crippen molar-refractivity contribution in [3.63, 3.8) is 0 Å². The lowest BCUT2D eigenvalue weighted by Crippen LogP contribution is -2.22. The van der Waals surface area contributed by atoms with E-state index in [2.05, 4.69) is 31.3 Å². The minimum Gasteiger partial charge on any atom is -0.487 e. The highest BCUT2D eigenvalue weighted by atomic mass is 35.5. The van der Waals surface area contributed by atoms with E-state index in [1.807, 2.05) is 12.1 Å². The molecule has 0 unspecified atom stereocenters. The van der Waals surface area contributed by atoms with E-state index in [-0.39, 0.29) is 0 Å². The Labute approximate surface area is 136 Å². The van der Waals surface area contributed by atoms with Crippen LogP contribution in [0.5, 0.6) is 5.75 Å². The topological polar surface area (TPSA) is 21.3 Å². The van der Waals surface area contributed by atoms with Crippen LogP contribution in [0.3, 0.4) is 0 Å². The molecule has 0 atom stereocenters. The van der Waals surface area contributed by atoms with E-state index < -0.39 is 0 Å². The Balaban J connectivity index is 2.05. The van der Waals surface area contributed by atoms with Gasteiger partial charge >= 0.3 is 0 Å². The molecule has 0 saturated carbocycles. The van der Waals surface area contributed by atoms with Gasteiger partial charge in [0.25, 0.3) is 0 Å². The quantitative estimate of drug-likeness (QED) is 0.801. The second-order valence-corrected chi connectivity index (χ2v) is 6.01. The molecule has 0 fully saturated rings. The highest BCUT2D eigenvalue weighted by Crippen LogP contribution is 2.28. The van der Waals surface area contributed by atoms with Crippen LogP contribution in [-0.2, 0) is 13.2 Å². The zero-order valence-corrected chi connectivity index (χ0v) is 13.7. The first-order chi connectivity index (χ1) is 10.1. The van der Waals surface area contributed by atoms with Crippen molar-refractivity contribution in [1.29, 1.82) is 0 Å². The largest absolute Gasteiger partial charge is 0.487 e. The van der Waals surface area contributed by atoms with Gasteiger partial charge in [-0.3, -0.25) is 0 Å². The van der Waals surface area contributed by atoms with Crippen molar-refractivity contribution in [3.05, 3.63) is 63.6 Å². The molecule has 2 nitrogen and oxygen atoms in total. The molecule has 2 aromatic rings. The number of benzene rings is 2. The van der Waals surface area contributed by atoms with Crippen molar-refractivity contribution in [2.45, 2.75) is 33.0 Å². The number of ether oxygens (including phenoxy) is 1. The average molecular weight is 324 g/mol. The van der Waals surface area contributed by atoms with Crippen molar-refractivity contribution >= 4 is 23.2 Å². The van der Waals surface area contributed by atoms with Crippen molar-refractivity contribution in [3.8, 4) is 5.75 Å². The predicted octanol–water partition coefficient (Wildman–Crippen LogP) is 5.07. The fraction of sp³-hybridized carbons (Fsp3) is 0.294. The van der Waals surface area contributed by atoms with Gasteiger partial charge in [-0.1, -0.05) is 61.3 Å². The summed E-state index contributed by atoms with van der Waals surface area (Å²) >= 11 is 12.0. The van der Waals surface area contributed by atoms with E-state index in [0.29, 0.717) is 28.4 Å². The van der Waals surface area contributed by atoms with E-state index in [4.69, 9.17) is 27.9 Å². The summed E-state index contributed by atoms with van der Waals surface area (Å²) in [5.74, 6) is 0.646. The number of halogens is 2. The van der Waals surface area contributed by atoms with Gasteiger partial charge < -0.3 is 10.1 Å². The molecule has 112 valence electrons. The summed E-state index contributed by atoms with van der Waals surface area (Å²) in [4.78, 5) is 0. The molecule has 0 heterocycles. The van der Waals surface area contributed by atoms with Crippen LogP contribution in [0, 0.1) is 0 Å². The molecule has 0 aromatic heterocycles. The standard InChI is InChI=1S/C17H19Cl2NO/c1-12(2)20-10-13-5-3-4-6-14(13)11-21-17-8-7-15(18)9-16(17)19/h3-9,12,20H,10-11H2,1-2H3. The fourth-order valence-corrected chi connectivity index (χ4v) is 2.40. The average Bonchev–Trinajstić information content (AvgIpc) is 2.45. The van der Waals surface area contributed by atoms with Gasteiger partial charge in [-0.25, -0.2) is 0 Å². The number of hydrogen-bond acceptors (Lipinski definition) is 2. The third-order valence-corrected chi connectivity index (χ3v) is 3.63. The Morgan fingerprint density at radius 2 is 1.76 bits per heavy atom. The minimum absolute atomic E-state index is 0.449. The number of nitrogens with one attached hydrogen (secondary N) is 1. The molecule has 2 aromatic carbocycles. The van der Waals surface area contributed by atoms with Crippen molar-refractivity contribution in [2.24, 2.45) is 0 Å². The van der Waals surface area contributed by atoms with Crippen LogP contribution in [0.25, 0.3) is 0 Å². The normalized spacial score (nSPS) is 10.9. The molecule has 2 rings (SSSR count). The van der Waals surface area contributed by atoms with E-state index in [1.165, 1.54) is 5.56 Å². The van der Waals surface area contributed by atoms with Crippen LogP contribution >= 0.6 is 23.2 Å². The van der Waals surface area contributed by atoms with E-state index in [9.17, 15) is 0 Å². The third kappa shape index (κ3) is 4.92. The second-order valence-electron chi connectivity index (χ2n) is 5.17. The molecule has 1 N–H and O–H groups in total. The van der Waals surface area contributed by atoms with Crippen LogP contribution in [-0.4, -0.2) is 6.04 Å². The Morgan fingerprint density at radius 3 is 2.43 bits per heavy atom. The van der Waals surface area contributed by atoms with Gasteiger partial charge in [0.1, 0.15) is 12.4 Å². The van der Waals surface area contributed by atoms with Gasteiger partial charge in [0.2, 0.25) is 0 Å². The van der Waals surface area contributed by atoms with Gasteiger partial charge in [0.05, 0.1) is 5.02 Å². The number of rotatable bonds is 6. The molecule has 0 spiro atoms. The molecule has 0 aliphatic rings. The van der Waals surface area contributed by atoms with Crippen molar-refractivity contribution in [2.75, 3.05) is 0 Å². The zero-order valence-electron chi connectivity index (χ0n) is 12.2. The highest BCUT2D eigenvalue weighted by Gasteiger charge is 2.06. The lowest BCUT2D eigenvalue weighted by molar-refractivity contribution is 0.304. The first-order valence-electron chi connectivity index (χ1n) is 6.94. The third-order valence-electron chi connectivity index (χ3n) is 3.10. The van der Waals surface area contributed by atoms with Gasteiger partial charge in [-0.15, -0.1) is 0 Å². The molecule has 4 heteroatoms. The summed E-state index contributed by atoms with van der Waals surface area (Å²) in [6.45, 7) is 5.57. The molecular formula is C17H19Cl2NO. The first kappa shape index (κ1) is 16.2. The van der Waals surface area contributed by atoms with Crippen LogP contribution in [0.2, 0.25) is 10.0 Å². The van der Waals surface area contributed by atoms with Gasteiger partial charge in [-0.05, 0) is 29.3 Å². The maximum atomic E-state index is 6.12. The van der Waals surface area contributed by atoms with Crippen molar-refractivity contribution < 1.29 is 4.74 Å². The molecule has 21 heavy (non-hydrogen) atoms. The van der Waals surface area contributed by atoms with Crippen LogP contribution < -0.4 is 10.1 Å². The summed E-state index contributed by atoms with van der Waals surface area (Å²) in [7, 11) is 0. The molecule has 0 bridgehead atoms. The molecular weight excluding hydrogens is 305 g/mol. The van der Waals surface area contributed by atoms with Crippen molar-refractivity contribution in [1.82, 2.24) is 5.32 Å². The van der Waals surface area contributed by atoms with E-state index >= 15 is 0 Å². The van der Waals surface area contributed by atoms with Gasteiger partial charge in [0, 0.05) is 17.6 Å². The second kappa shape index (κ2) is 7.69. The lowest BCUT2D eigenvalue weighted by Gasteiger charge is -2.14. The van der Waals surface area contributed by atoms with Gasteiger partial charge in [-0.2, -0.15) is 0 Å². The minimum atomic E-state index is 0.449. The zero-order chi connectivity index (χ0) is 15.2. The lowest BCUT2D eigenvalue weighted by atomic mass is 10.1. The van der Waals surface area contributed by atoms with E-state index in [0.717, 1.165) is 12.1 Å². The van der Waals surface area contributed by atoms with Crippen LogP contribution in [0.4, 0.5) is 0 Å². The molecule has 0 amide bonds. The summed E-state index contributed by atoms with van der Waals surface area (Å²) in [6.07, 6.45) is 0. The van der Waals surface area contributed by atoms with Crippen LogP contribution in [0.15, 0.2) is 42.5 Å². The Hall–Kier alpha value is -1.22. The Kier molecular flexibility index (Phi) is 5.92. The smallest absolute Gasteiger partial charge is 0.138 e. The Bertz CT molecular complexity index is 599. The highest BCUT2D eigenvalue weighted by molar-refractivity contribution is 6.35. The molecule has 0 aliphatic carbocycles. The molecule has 0 saturated heterocycles. The number of hydrogen-bond donors (Lipinski definition) is 1.